The molecule has 42 heavy (non-hydrogen) atoms. The van der Waals surface area contributed by atoms with Gasteiger partial charge in [0.15, 0.2) is 5.82 Å². The summed E-state index contributed by atoms with van der Waals surface area (Å²) in [6, 6.07) is 10.7. The summed E-state index contributed by atoms with van der Waals surface area (Å²) in [5, 5.41) is 29.2. The molecule has 6 heterocycles. The number of nitrogens with zero attached hydrogens (tertiary/aromatic N) is 5. The first-order valence-corrected chi connectivity index (χ1v) is 13.7. The van der Waals surface area contributed by atoms with Crippen LogP contribution in [0.15, 0.2) is 55.0 Å². The van der Waals surface area contributed by atoms with Crippen LogP contribution in [0.5, 0.6) is 5.75 Å². The average Bonchev–Trinajstić information content (AvgIpc) is 3.38. The van der Waals surface area contributed by atoms with Crippen molar-refractivity contribution < 1.29 is 29.3 Å². The number of amides is 2. The Morgan fingerprint density at radius 1 is 1.17 bits per heavy atom. The highest BCUT2D eigenvalue weighted by Gasteiger charge is 2.52. The summed E-state index contributed by atoms with van der Waals surface area (Å²) in [5.74, 6) is 1.24. The highest BCUT2D eigenvalue weighted by Crippen LogP contribution is 2.41. The van der Waals surface area contributed by atoms with Crippen molar-refractivity contribution in [1.82, 2.24) is 29.8 Å². The molecule has 6 rings (SSSR count). The van der Waals surface area contributed by atoms with Gasteiger partial charge >= 0.3 is 6.09 Å². The van der Waals surface area contributed by atoms with Crippen molar-refractivity contribution in [3.63, 3.8) is 0 Å². The Bertz CT molecular complexity index is 1610. The summed E-state index contributed by atoms with van der Waals surface area (Å²) in [6.45, 7) is 2.45. The number of nitrogens with one attached hydrogen (secondary N) is 2. The summed E-state index contributed by atoms with van der Waals surface area (Å²) in [7, 11) is 0. The van der Waals surface area contributed by atoms with E-state index in [9.17, 15) is 14.7 Å². The Morgan fingerprint density at radius 2 is 2.05 bits per heavy atom. The van der Waals surface area contributed by atoms with E-state index in [-0.39, 0.29) is 31.7 Å². The van der Waals surface area contributed by atoms with Crippen molar-refractivity contribution in [2.75, 3.05) is 31.7 Å². The number of piperidine rings is 1. The van der Waals surface area contributed by atoms with E-state index in [4.69, 9.17) is 14.6 Å². The van der Waals surface area contributed by atoms with Gasteiger partial charge in [0.25, 0.3) is 5.91 Å². The molecule has 2 bridgehead atoms. The number of rotatable bonds is 8. The number of aromatic nitrogens is 4. The average molecular weight is 574 g/mol. The molecule has 2 aliphatic rings. The van der Waals surface area contributed by atoms with Crippen molar-refractivity contribution >= 4 is 29.2 Å². The number of carbonyl (C=O) groups is 2. The summed E-state index contributed by atoms with van der Waals surface area (Å²) in [6.07, 6.45) is 6.03. The van der Waals surface area contributed by atoms with Crippen molar-refractivity contribution in [2.45, 2.75) is 38.0 Å². The van der Waals surface area contributed by atoms with Gasteiger partial charge in [0.2, 0.25) is 5.72 Å². The van der Waals surface area contributed by atoms with Crippen LogP contribution in [0.4, 0.5) is 16.4 Å². The van der Waals surface area contributed by atoms with Gasteiger partial charge in [0.1, 0.15) is 18.2 Å². The van der Waals surface area contributed by atoms with E-state index < -0.39 is 11.8 Å². The highest BCUT2D eigenvalue weighted by molar-refractivity contribution is 5.94. The number of anilines is 2. The van der Waals surface area contributed by atoms with Gasteiger partial charge in [-0.05, 0) is 55.7 Å². The highest BCUT2D eigenvalue weighted by atomic mass is 16.6. The van der Waals surface area contributed by atoms with E-state index >= 15 is 0 Å². The first-order chi connectivity index (χ1) is 20.3. The number of hydrogen-bond donors (Lipinski definition) is 4. The SMILES string of the molecule is Cc1cc(-c2ccn3nc(Nc4ccc(C(=O)NCCO)cn4)cc3c2)c(OC23CCCC(COC2)N3C(=O)O)cn1. The largest absolute Gasteiger partial charge is 0.465 e. The molecule has 0 spiro atoms. The van der Waals surface area contributed by atoms with Crippen LogP contribution < -0.4 is 15.4 Å². The topological polar surface area (TPSA) is 163 Å². The fraction of sp³-hybridized carbons (Fsp3) is 0.345. The molecular weight excluding hydrogens is 542 g/mol. The van der Waals surface area contributed by atoms with Gasteiger partial charge in [0, 0.05) is 42.7 Å². The molecule has 218 valence electrons. The molecule has 2 atom stereocenters. The maximum atomic E-state index is 12.3. The lowest BCUT2D eigenvalue weighted by molar-refractivity contribution is -0.200. The van der Waals surface area contributed by atoms with Crippen molar-refractivity contribution in [1.29, 1.82) is 0 Å². The molecule has 0 radical (unpaired) electrons. The summed E-state index contributed by atoms with van der Waals surface area (Å²) < 4.78 is 14.1. The standard InChI is InChI=1S/C29H31N7O6/c1-18-11-23(24(15-31-18)42-29-7-2-3-21(16-41-17-29)36(29)28(39)40)19-6-9-35-22(12-19)13-26(34-35)33-25-5-4-20(14-32-25)27(38)30-8-10-37/h4-6,9,11-15,21,37H,2-3,7-8,10,16-17H2,1H3,(H,30,38)(H,39,40)(H,32,33,34). The molecule has 0 saturated carbocycles. The minimum absolute atomic E-state index is 0.136. The number of hydrogen-bond acceptors (Lipinski definition) is 9. The molecule has 2 amide bonds. The number of pyridine rings is 3. The minimum Gasteiger partial charge on any atom is -0.465 e. The zero-order valence-electron chi connectivity index (χ0n) is 23.0. The summed E-state index contributed by atoms with van der Waals surface area (Å²) in [4.78, 5) is 34.5. The maximum Gasteiger partial charge on any atom is 0.410 e. The van der Waals surface area contributed by atoms with E-state index in [1.165, 1.54) is 11.1 Å². The lowest BCUT2D eigenvalue weighted by atomic mass is 9.91. The predicted molar refractivity (Wildman–Crippen MR) is 152 cm³/mol. The Hall–Kier alpha value is -4.75. The minimum atomic E-state index is -1.11. The van der Waals surface area contributed by atoms with Gasteiger partial charge in [-0.2, -0.15) is 5.10 Å². The predicted octanol–water partition coefficient (Wildman–Crippen LogP) is 3.20. The quantitative estimate of drug-likeness (QED) is 0.246. The van der Waals surface area contributed by atoms with E-state index in [0.717, 1.165) is 35.2 Å². The van der Waals surface area contributed by atoms with Gasteiger partial charge in [-0.25, -0.2) is 14.3 Å². The molecule has 4 aromatic rings. The van der Waals surface area contributed by atoms with E-state index in [1.54, 1.807) is 22.8 Å². The molecular formula is C29H31N7O6. The molecule has 2 fully saturated rings. The zero-order chi connectivity index (χ0) is 29.3. The second-order valence-corrected chi connectivity index (χ2v) is 10.4. The van der Waals surface area contributed by atoms with Crippen LogP contribution in [0.1, 0.15) is 35.3 Å². The van der Waals surface area contributed by atoms with Crippen LogP contribution in [0.2, 0.25) is 0 Å². The number of aryl methyl sites for hydroxylation is 1. The third kappa shape index (κ3) is 5.31. The zero-order valence-corrected chi connectivity index (χ0v) is 23.0. The lowest BCUT2D eigenvalue weighted by Gasteiger charge is -2.52. The molecule has 0 aromatic carbocycles. The van der Waals surface area contributed by atoms with Gasteiger partial charge < -0.3 is 30.3 Å². The fourth-order valence-electron chi connectivity index (χ4n) is 5.60. The van der Waals surface area contributed by atoms with Gasteiger partial charge in [0.05, 0.1) is 36.5 Å². The van der Waals surface area contributed by atoms with Gasteiger partial charge in [-0.3, -0.25) is 14.7 Å². The Balaban J connectivity index is 1.26. The fourth-order valence-corrected chi connectivity index (χ4v) is 5.60. The Kier molecular flexibility index (Phi) is 7.35. The first-order valence-electron chi connectivity index (χ1n) is 13.7. The molecule has 2 aliphatic heterocycles. The number of morpholine rings is 1. The van der Waals surface area contributed by atoms with Gasteiger partial charge in [-0.1, -0.05) is 0 Å². The van der Waals surface area contributed by atoms with Crippen LogP contribution >= 0.6 is 0 Å². The third-order valence-corrected chi connectivity index (χ3v) is 7.51. The van der Waals surface area contributed by atoms with E-state index in [2.05, 4.69) is 25.7 Å². The van der Waals surface area contributed by atoms with Gasteiger partial charge in [-0.15, -0.1) is 0 Å². The normalized spacial score (nSPS) is 19.9. The molecule has 2 unspecified atom stereocenters. The Morgan fingerprint density at radius 3 is 2.83 bits per heavy atom. The second-order valence-electron chi connectivity index (χ2n) is 10.4. The molecule has 4 aromatic heterocycles. The third-order valence-electron chi connectivity index (χ3n) is 7.51. The van der Waals surface area contributed by atoms with Crippen LogP contribution in [-0.4, -0.2) is 84.8 Å². The Labute approximate surface area is 241 Å². The number of aliphatic hydroxyl groups excluding tert-OH is 1. The number of aliphatic hydroxyl groups is 1. The number of carboxylic acid groups (broad SMARTS) is 1. The molecule has 4 N–H and O–H groups in total. The smallest absolute Gasteiger partial charge is 0.410 e. The van der Waals surface area contributed by atoms with Crippen LogP contribution in [0, 0.1) is 6.92 Å². The second kappa shape index (κ2) is 11.3. The first kappa shape index (κ1) is 27.4. The molecule has 0 aliphatic carbocycles. The van der Waals surface area contributed by atoms with Crippen molar-refractivity contribution in [2.24, 2.45) is 0 Å². The number of carbonyl (C=O) groups excluding carboxylic acids is 1. The van der Waals surface area contributed by atoms with Crippen LogP contribution in [0.3, 0.4) is 0 Å². The summed E-state index contributed by atoms with van der Waals surface area (Å²) in [5.41, 5.74) is 2.51. The van der Waals surface area contributed by atoms with Crippen LogP contribution in [-0.2, 0) is 4.74 Å². The summed E-state index contributed by atoms with van der Waals surface area (Å²) >= 11 is 0. The lowest BCUT2D eigenvalue weighted by Crippen LogP contribution is -2.68. The molecule has 13 nitrogen and oxygen atoms in total. The maximum absolute atomic E-state index is 12.3. The molecule has 13 heteroatoms. The van der Waals surface area contributed by atoms with Crippen molar-refractivity contribution in [3.05, 3.63) is 66.2 Å². The van der Waals surface area contributed by atoms with Crippen LogP contribution in [0.25, 0.3) is 16.6 Å². The van der Waals surface area contributed by atoms with E-state index in [0.29, 0.717) is 36.0 Å². The number of fused-ring (bicyclic) bond motifs is 3. The van der Waals surface area contributed by atoms with E-state index in [1.807, 2.05) is 37.4 Å². The monoisotopic (exact) mass is 573 g/mol. The molecule has 2 saturated heterocycles. The van der Waals surface area contributed by atoms with Crippen molar-refractivity contribution in [3.8, 4) is 16.9 Å². The number of ether oxygens (including phenoxy) is 2.